The first-order chi connectivity index (χ1) is 9.43. The fourth-order valence-electron chi connectivity index (χ4n) is 5.89. The summed E-state index contributed by atoms with van der Waals surface area (Å²) in [6, 6.07) is 11.5. The van der Waals surface area contributed by atoms with Crippen molar-refractivity contribution in [2.75, 3.05) is 6.16 Å². The lowest BCUT2D eigenvalue weighted by Crippen LogP contribution is -2.33. The van der Waals surface area contributed by atoms with E-state index in [0.29, 0.717) is 0 Å². The molecular weight excluding hydrogens is 247 g/mol. The highest BCUT2D eigenvalue weighted by Crippen LogP contribution is 2.71. The molecule has 19 heavy (non-hydrogen) atoms. The predicted octanol–water partition coefficient (Wildman–Crippen LogP) is 4.02. The summed E-state index contributed by atoms with van der Waals surface area (Å²) in [4.78, 5) is 0. The largest absolute Gasteiger partial charge is 0.0879 e. The average Bonchev–Trinajstić information content (AvgIpc) is 3.17. The smallest absolute Gasteiger partial charge is 0.0104 e. The second-order valence-corrected chi connectivity index (χ2v) is 9.44. The van der Waals surface area contributed by atoms with Gasteiger partial charge in [-0.25, -0.2) is 0 Å². The van der Waals surface area contributed by atoms with Crippen LogP contribution in [0.1, 0.15) is 19.3 Å². The minimum atomic E-state index is 0.147. The molecule has 1 aromatic carbocycles. The Morgan fingerprint density at radius 2 is 1.84 bits per heavy atom. The van der Waals surface area contributed by atoms with Crippen molar-refractivity contribution in [1.29, 1.82) is 0 Å². The quantitative estimate of drug-likeness (QED) is 0.533. The van der Waals surface area contributed by atoms with E-state index in [0.717, 1.165) is 35.2 Å². The van der Waals surface area contributed by atoms with Crippen molar-refractivity contribution >= 4 is 13.2 Å². The first-order valence-electron chi connectivity index (χ1n) is 7.92. The zero-order chi connectivity index (χ0) is 12.4. The van der Waals surface area contributed by atoms with E-state index in [2.05, 4.69) is 42.5 Å². The highest BCUT2D eigenvalue weighted by molar-refractivity contribution is 7.66. The molecule has 0 N–H and O–H groups in total. The molecule has 98 valence electrons. The second kappa shape index (κ2) is 3.95. The van der Waals surface area contributed by atoms with Crippen molar-refractivity contribution in [3.8, 4) is 0 Å². The minimum absolute atomic E-state index is 0.147. The highest BCUT2D eigenvalue weighted by atomic mass is 31.1. The third kappa shape index (κ3) is 1.39. The Kier molecular flexibility index (Phi) is 2.31. The van der Waals surface area contributed by atoms with Gasteiger partial charge in [-0.1, -0.05) is 50.4 Å². The zero-order valence-electron chi connectivity index (χ0n) is 11.3. The number of rotatable bonds is 1. The molecule has 7 unspecified atom stereocenters. The summed E-state index contributed by atoms with van der Waals surface area (Å²) in [5.74, 6) is 5.26. The maximum atomic E-state index is 2.59. The molecule has 2 bridgehead atoms. The lowest BCUT2D eigenvalue weighted by molar-refractivity contribution is 0.216. The fourth-order valence-corrected chi connectivity index (χ4v) is 9.54. The molecule has 2 saturated carbocycles. The molecule has 0 nitrogen and oxygen atoms in total. The zero-order valence-corrected chi connectivity index (χ0v) is 12.2. The van der Waals surface area contributed by atoms with Gasteiger partial charge in [-0.2, -0.15) is 0 Å². The first kappa shape index (κ1) is 11.1. The summed E-state index contributed by atoms with van der Waals surface area (Å²) in [5.41, 5.74) is 1.08. The van der Waals surface area contributed by atoms with Crippen LogP contribution in [-0.4, -0.2) is 11.8 Å². The van der Waals surface area contributed by atoms with Gasteiger partial charge in [0.1, 0.15) is 0 Å². The molecule has 1 aromatic rings. The van der Waals surface area contributed by atoms with Gasteiger partial charge < -0.3 is 0 Å². The van der Waals surface area contributed by atoms with E-state index in [1.165, 1.54) is 19.0 Å². The Hall–Kier alpha value is -0.610. The molecule has 0 spiro atoms. The molecule has 1 heterocycles. The van der Waals surface area contributed by atoms with Crippen LogP contribution in [0.4, 0.5) is 0 Å². The van der Waals surface area contributed by atoms with Gasteiger partial charge in [0.25, 0.3) is 0 Å². The number of hydrogen-bond acceptors (Lipinski definition) is 0. The Morgan fingerprint density at radius 1 is 0.947 bits per heavy atom. The van der Waals surface area contributed by atoms with Crippen LogP contribution in [0.5, 0.6) is 0 Å². The Morgan fingerprint density at radius 3 is 2.74 bits per heavy atom. The van der Waals surface area contributed by atoms with Gasteiger partial charge in [-0.15, -0.1) is 0 Å². The molecule has 7 atom stereocenters. The minimum Gasteiger partial charge on any atom is -0.0879 e. The number of hydrogen-bond donors (Lipinski definition) is 0. The molecule has 1 aliphatic heterocycles. The van der Waals surface area contributed by atoms with Crippen molar-refractivity contribution < 1.29 is 0 Å². The van der Waals surface area contributed by atoms with E-state index in [4.69, 9.17) is 0 Å². The van der Waals surface area contributed by atoms with E-state index in [1.54, 1.807) is 11.7 Å². The molecule has 0 aromatic heterocycles. The first-order valence-corrected chi connectivity index (χ1v) is 9.51. The predicted molar refractivity (Wildman–Crippen MR) is 82.1 cm³/mol. The van der Waals surface area contributed by atoms with Crippen LogP contribution < -0.4 is 5.30 Å². The van der Waals surface area contributed by atoms with Crippen LogP contribution in [0.25, 0.3) is 0 Å². The highest BCUT2D eigenvalue weighted by Gasteiger charge is 2.61. The molecule has 1 heteroatoms. The number of fused-ring (bicyclic) bond motifs is 8. The van der Waals surface area contributed by atoms with Gasteiger partial charge in [0, 0.05) is 0 Å². The Labute approximate surface area is 117 Å². The third-order valence-electron chi connectivity index (χ3n) is 6.43. The van der Waals surface area contributed by atoms with Gasteiger partial charge >= 0.3 is 0 Å². The Bertz CT molecular complexity index is 520. The number of benzene rings is 1. The molecule has 4 aliphatic rings. The van der Waals surface area contributed by atoms with E-state index < -0.39 is 0 Å². The van der Waals surface area contributed by atoms with Crippen LogP contribution in [-0.2, 0) is 0 Å². The summed E-state index contributed by atoms with van der Waals surface area (Å²) in [6.45, 7) is 0. The topological polar surface area (TPSA) is 0 Å². The van der Waals surface area contributed by atoms with E-state index in [-0.39, 0.29) is 7.92 Å². The van der Waals surface area contributed by atoms with E-state index >= 15 is 0 Å². The van der Waals surface area contributed by atoms with E-state index in [1.807, 2.05) is 0 Å². The van der Waals surface area contributed by atoms with E-state index in [9.17, 15) is 0 Å². The normalized spacial score (nSPS) is 49.6. The van der Waals surface area contributed by atoms with Crippen LogP contribution in [0.15, 0.2) is 42.5 Å². The maximum absolute atomic E-state index is 2.59. The SMILES string of the molecule is C1=CC2C(C1)C1CC2C2C1CCP2c1ccccc1. The van der Waals surface area contributed by atoms with Crippen molar-refractivity contribution in [1.82, 2.24) is 0 Å². The fraction of sp³-hybridized carbons (Fsp3) is 0.556. The summed E-state index contributed by atoms with van der Waals surface area (Å²) in [5, 5.41) is 1.69. The molecule has 5 rings (SSSR count). The molecular formula is C18H21P. The summed E-state index contributed by atoms with van der Waals surface area (Å²) < 4.78 is 0. The lowest BCUT2D eigenvalue weighted by Gasteiger charge is -2.36. The van der Waals surface area contributed by atoms with Crippen molar-refractivity contribution in [2.24, 2.45) is 29.6 Å². The van der Waals surface area contributed by atoms with Crippen LogP contribution in [0.3, 0.4) is 0 Å². The van der Waals surface area contributed by atoms with Crippen molar-refractivity contribution in [3.05, 3.63) is 42.5 Å². The monoisotopic (exact) mass is 268 g/mol. The van der Waals surface area contributed by atoms with Crippen molar-refractivity contribution in [3.63, 3.8) is 0 Å². The lowest BCUT2D eigenvalue weighted by atomic mass is 9.74. The summed E-state index contributed by atoms with van der Waals surface area (Å²) in [7, 11) is 0.147. The van der Waals surface area contributed by atoms with Crippen molar-refractivity contribution in [2.45, 2.75) is 24.9 Å². The summed E-state index contributed by atoms with van der Waals surface area (Å²) >= 11 is 0. The van der Waals surface area contributed by atoms with Gasteiger partial charge in [-0.05, 0) is 66.0 Å². The summed E-state index contributed by atoms with van der Waals surface area (Å²) in [6.07, 6.45) is 11.1. The van der Waals surface area contributed by atoms with Gasteiger partial charge in [0.05, 0.1) is 0 Å². The van der Waals surface area contributed by atoms with Gasteiger partial charge in [-0.3, -0.25) is 0 Å². The molecule has 3 fully saturated rings. The standard InChI is InChI=1S/C18H21P/c1-2-5-12(6-3-1)19-10-9-15-16-11-17(18(15)19)14-8-4-7-13(14)16/h1-6,8,13-18H,7,9-11H2. The number of allylic oxidation sites excluding steroid dienone is 2. The third-order valence-corrected chi connectivity index (χ3v) is 9.62. The molecule has 0 amide bonds. The maximum Gasteiger partial charge on any atom is -0.0104 e. The van der Waals surface area contributed by atoms with Crippen LogP contribution >= 0.6 is 7.92 Å². The van der Waals surface area contributed by atoms with Gasteiger partial charge in [0.2, 0.25) is 0 Å². The second-order valence-electron chi connectivity index (χ2n) is 6.94. The molecule has 3 aliphatic carbocycles. The average molecular weight is 268 g/mol. The molecule has 0 radical (unpaired) electrons. The van der Waals surface area contributed by atoms with Crippen LogP contribution in [0.2, 0.25) is 0 Å². The van der Waals surface area contributed by atoms with Crippen LogP contribution in [0, 0.1) is 29.6 Å². The molecule has 1 saturated heterocycles. The Balaban J connectivity index is 1.52. The van der Waals surface area contributed by atoms with Gasteiger partial charge in [0.15, 0.2) is 0 Å².